The average Bonchev–Trinajstić information content (AvgIpc) is 2.99. The largest absolute Gasteiger partial charge is 0.397 e. The van der Waals surface area contributed by atoms with Gasteiger partial charge in [-0.1, -0.05) is 35.2 Å². The lowest BCUT2D eigenvalue weighted by atomic mass is 9.61. The first kappa shape index (κ1) is 18.2. The molecule has 0 bridgehead atoms. The van der Waals surface area contributed by atoms with Crippen molar-refractivity contribution in [1.82, 2.24) is 0 Å². The lowest BCUT2D eigenvalue weighted by Crippen LogP contribution is -2.47. The zero-order valence-corrected chi connectivity index (χ0v) is 17.0. The fourth-order valence-corrected chi connectivity index (χ4v) is 5.87. The van der Waals surface area contributed by atoms with E-state index in [1.165, 1.54) is 11.3 Å². The van der Waals surface area contributed by atoms with E-state index in [9.17, 15) is 14.9 Å². The maximum absolute atomic E-state index is 13.0. The van der Waals surface area contributed by atoms with Crippen molar-refractivity contribution >= 4 is 49.6 Å². The molecule has 1 aliphatic heterocycles. The minimum atomic E-state index is -0.766. The molecule has 1 saturated carbocycles. The molecule has 2 heterocycles. The summed E-state index contributed by atoms with van der Waals surface area (Å²) in [7, 11) is 0. The third-order valence-corrected chi connectivity index (χ3v) is 7.33. The molecule has 1 aromatic heterocycles. The van der Waals surface area contributed by atoms with Crippen LogP contribution in [0.25, 0.3) is 0 Å². The molecule has 1 aromatic carbocycles. The number of nitriles is 1. The molecule has 2 aliphatic rings. The second-order valence-electron chi connectivity index (χ2n) is 7.15. The highest BCUT2D eigenvalue weighted by Crippen LogP contribution is 2.56. The number of rotatable bonds is 2. The maximum Gasteiger partial charge on any atom is 0.243 e. The summed E-state index contributed by atoms with van der Waals surface area (Å²) in [5.74, 6) is -1.21. The van der Waals surface area contributed by atoms with Crippen molar-refractivity contribution in [2.24, 2.45) is 5.92 Å². The molecule has 1 aliphatic carbocycles. The number of nitrogen functional groups attached to an aromatic ring is 1. The number of ketones is 1. The molecule has 1 atom stereocenters. The van der Waals surface area contributed by atoms with Crippen molar-refractivity contribution in [1.29, 1.82) is 5.26 Å². The summed E-state index contributed by atoms with van der Waals surface area (Å²) in [4.78, 5) is 26.1. The molecule has 0 radical (unpaired) electrons. The van der Waals surface area contributed by atoms with Crippen molar-refractivity contribution in [2.75, 3.05) is 11.1 Å². The number of carbonyl (C=O) groups excluding carboxylic acids is 2. The van der Waals surface area contributed by atoms with Crippen LogP contribution < -0.4 is 11.1 Å². The molecule has 1 spiro atoms. The van der Waals surface area contributed by atoms with Crippen molar-refractivity contribution in [3.8, 4) is 6.07 Å². The van der Waals surface area contributed by atoms with Crippen molar-refractivity contribution < 1.29 is 9.59 Å². The van der Waals surface area contributed by atoms with E-state index in [-0.39, 0.29) is 11.7 Å². The number of nitrogens with zero attached hydrogens (tertiary/aromatic N) is 1. The number of benzene rings is 1. The SMILES string of the molecule is N#C[C@@H]1C(=O)Nc2sc(C(=O)c3ccc(Br)cc3)c(N)c2C12CCCCC2. The van der Waals surface area contributed by atoms with E-state index in [4.69, 9.17) is 5.73 Å². The van der Waals surface area contributed by atoms with Gasteiger partial charge in [-0.15, -0.1) is 11.3 Å². The van der Waals surface area contributed by atoms with Crippen LogP contribution in [0.1, 0.15) is 52.9 Å². The van der Waals surface area contributed by atoms with Crippen molar-refractivity contribution in [2.45, 2.75) is 37.5 Å². The Balaban J connectivity index is 1.85. The number of anilines is 2. The topological polar surface area (TPSA) is 96.0 Å². The van der Waals surface area contributed by atoms with Gasteiger partial charge >= 0.3 is 0 Å². The third kappa shape index (κ3) is 2.79. The first-order valence-corrected chi connectivity index (χ1v) is 10.5. The Hall–Kier alpha value is -2.17. The number of fused-ring (bicyclic) bond motifs is 2. The Labute approximate surface area is 169 Å². The molecule has 0 saturated heterocycles. The van der Waals surface area contributed by atoms with E-state index in [0.717, 1.165) is 42.1 Å². The van der Waals surface area contributed by atoms with Gasteiger partial charge in [0.1, 0.15) is 15.8 Å². The fraction of sp³-hybridized carbons (Fsp3) is 0.350. The minimum Gasteiger partial charge on any atom is -0.397 e. The van der Waals surface area contributed by atoms with E-state index in [2.05, 4.69) is 27.3 Å². The molecule has 4 rings (SSSR count). The second-order valence-corrected chi connectivity index (χ2v) is 9.09. The van der Waals surface area contributed by atoms with Crippen LogP contribution in [0.2, 0.25) is 0 Å². The number of hydrogen-bond donors (Lipinski definition) is 2. The number of amides is 1. The summed E-state index contributed by atoms with van der Waals surface area (Å²) < 4.78 is 0.891. The molecular weight excluding hydrogens is 426 g/mol. The standard InChI is InChI=1S/C20H18BrN3O2S/c21-12-6-4-11(5-7-12)16(25)17-15(23)14-19(27-17)24-18(26)13(10-22)20(14)8-2-1-3-9-20/h4-7,13H,1-3,8-9,23H2,(H,24,26)/t13-/m1/s1. The van der Waals surface area contributed by atoms with Crippen molar-refractivity contribution in [3.63, 3.8) is 0 Å². The predicted molar refractivity (Wildman–Crippen MR) is 109 cm³/mol. The maximum atomic E-state index is 13.0. The summed E-state index contributed by atoms with van der Waals surface area (Å²) in [6.45, 7) is 0. The van der Waals surface area contributed by atoms with E-state index < -0.39 is 11.3 Å². The number of thiophene rings is 1. The lowest BCUT2D eigenvalue weighted by Gasteiger charge is -2.43. The van der Waals surface area contributed by atoms with Crippen molar-refractivity contribution in [3.05, 3.63) is 44.7 Å². The van der Waals surface area contributed by atoms with Crippen LogP contribution in [0.15, 0.2) is 28.7 Å². The smallest absolute Gasteiger partial charge is 0.243 e. The summed E-state index contributed by atoms with van der Waals surface area (Å²) in [6, 6.07) is 9.33. The molecule has 3 N–H and O–H groups in total. The lowest BCUT2D eigenvalue weighted by molar-refractivity contribution is -0.121. The summed E-state index contributed by atoms with van der Waals surface area (Å²) >= 11 is 4.59. The molecule has 1 fully saturated rings. The first-order chi connectivity index (χ1) is 13.0. The third-order valence-electron chi connectivity index (χ3n) is 5.68. The van der Waals surface area contributed by atoms with E-state index >= 15 is 0 Å². The Kier molecular flexibility index (Phi) is 4.57. The van der Waals surface area contributed by atoms with Gasteiger partial charge in [0, 0.05) is 21.0 Å². The molecular formula is C20H18BrN3O2S. The number of nitrogens with one attached hydrogen (secondary N) is 1. The summed E-state index contributed by atoms with van der Waals surface area (Å²) in [5.41, 5.74) is 7.67. The van der Waals surface area contributed by atoms with Crippen LogP contribution in [0.3, 0.4) is 0 Å². The molecule has 27 heavy (non-hydrogen) atoms. The van der Waals surface area contributed by atoms with Gasteiger partial charge in [0.05, 0.1) is 11.8 Å². The first-order valence-electron chi connectivity index (χ1n) is 8.91. The minimum absolute atomic E-state index is 0.159. The van der Waals surface area contributed by atoms with Gasteiger partial charge in [-0.3, -0.25) is 9.59 Å². The normalized spacial score (nSPS) is 20.6. The number of nitrogens with two attached hydrogens (primary N) is 1. The van der Waals surface area contributed by atoms with E-state index in [1.54, 1.807) is 12.1 Å². The number of hydrogen-bond acceptors (Lipinski definition) is 5. The van der Waals surface area contributed by atoms with Crippen LogP contribution in [-0.4, -0.2) is 11.7 Å². The molecule has 7 heteroatoms. The Morgan fingerprint density at radius 2 is 1.93 bits per heavy atom. The predicted octanol–water partition coefficient (Wildman–Crippen LogP) is 4.62. The van der Waals surface area contributed by atoms with Crippen LogP contribution in [0.5, 0.6) is 0 Å². The second kappa shape index (κ2) is 6.77. The Morgan fingerprint density at radius 1 is 1.26 bits per heavy atom. The van der Waals surface area contributed by atoms with Gasteiger partial charge in [-0.05, 0) is 37.1 Å². The van der Waals surface area contributed by atoms with Crippen LogP contribution in [-0.2, 0) is 10.2 Å². The fourth-order valence-electron chi connectivity index (χ4n) is 4.41. The van der Waals surface area contributed by atoms with Crippen LogP contribution in [0.4, 0.5) is 10.7 Å². The zero-order valence-electron chi connectivity index (χ0n) is 14.5. The quantitative estimate of drug-likeness (QED) is 0.661. The van der Waals surface area contributed by atoms with Gasteiger partial charge in [-0.25, -0.2) is 0 Å². The van der Waals surface area contributed by atoms with Gasteiger partial charge < -0.3 is 11.1 Å². The molecule has 1 amide bonds. The Morgan fingerprint density at radius 3 is 2.56 bits per heavy atom. The molecule has 138 valence electrons. The van der Waals surface area contributed by atoms with Gasteiger partial charge in [0.2, 0.25) is 11.7 Å². The van der Waals surface area contributed by atoms with Gasteiger partial charge in [0.25, 0.3) is 0 Å². The summed E-state index contributed by atoms with van der Waals surface area (Å²) in [6.07, 6.45) is 4.49. The zero-order chi connectivity index (χ0) is 19.2. The van der Waals surface area contributed by atoms with Gasteiger partial charge in [-0.2, -0.15) is 5.26 Å². The Bertz CT molecular complexity index is 968. The molecule has 5 nitrogen and oxygen atoms in total. The summed E-state index contributed by atoms with van der Waals surface area (Å²) in [5, 5.41) is 13.2. The number of halogens is 1. The monoisotopic (exact) mass is 443 g/mol. The van der Waals surface area contributed by atoms with E-state index in [0.29, 0.717) is 21.1 Å². The highest BCUT2D eigenvalue weighted by atomic mass is 79.9. The highest BCUT2D eigenvalue weighted by molar-refractivity contribution is 9.10. The average molecular weight is 444 g/mol. The van der Waals surface area contributed by atoms with Crippen LogP contribution in [0, 0.1) is 17.2 Å². The molecule has 2 aromatic rings. The van der Waals surface area contributed by atoms with Crippen LogP contribution >= 0.6 is 27.3 Å². The molecule has 0 unspecified atom stereocenters. The highest BCUT2D eigenvalue weighted by Gasteiger charge is 2.52. The van der Waals surface area contributed by atoms with E-state index in [1.807, 2.05) is 12.1 Å². The van der Waals surface area contributed by atoms with Gasteiger partial charge in [0.15, 0.2) is 0 Å². The number of carbonyl (C=O) groups is 2.